The van der Waals surface area contributed by atoms with E-state index in [4.69, 9.17) is 11.6 Å². The minimum absolute atomic E-state index is 0.0229. The quantitative estimate of drug-likeness (QED) is 0.879. The van der Waals surface area contributed by atoms with Gasteiger partial charge in [-0.3, -0.25) is 5.10 Å². The highest BCUT2D eigenvalue weighted by molar-refractivity contribution is 7.89. The number of aryl methyl sites for hydroxylation is 1. The van der Waals surface area contributed by atoms with E-state index in [0.717, 1.165) is 12.8 Å². The first-order valence-corrected chi connectivity index (χ1v) is 9.15. The number of halogens is 1. The number of H-pyrrole nitrogens is 1. The third-order valence-corrected chi connectivity index (χ3v) is 5.95. The lowest BCUT2D eigenvalue weighted by Gasteiger charge is -2.35. The number of benzene rings is 1. The molecule has 0 unspecified atom stereocenters. The zero-order chi connectivity index (χ0) is 15.7. The Morgan fingerprint density at radius 2 is 2.00 bits per heavy atom. The van der Waals surface area contributed by atoms with Crippen molar-refractivity contribution >= 4 is 21.6 Å². The Balaban J connectivity index is 1.63. The Labute approximate surface area is 135 Å². The molecule has 2 N–H and O–H groups in total. The number of aromatic amines is 1. The van der Waals surface area contributed by atoms with Gasteiger partial charge in [0.25, 0.3) is 0 Å². The first-order valence-electron chi connectivity index (χ1n) is 7.29. The van der Waals surface area contributed by atoms with Crippen molar-refractivity contribution in [3.8, 4) is 0 Å². The number of nitrogens with one attached hydrogen (secondary N) is 2. The third-order valence-electron chi connectivity index (χ3n) is 4.12. The molecule has 5 nitrogen and oxygen atoms in total. The summed E-state index contributed by atoms with van der Waals surface area (Å²) in [5.41, 5.74) is 1.85. The summed E-state index contributed by atoms with van der Waals surface area (Å²) in [6.07, 6.45) is 3.59. The molecule has 118 valence electrons. The minimum atomic E-state index is -3.50. The Kier molecular flexibility index (Phi) is 4.25. The highest BCUT2D eigenvalue weighted by Gasteiger charge is 2.34. The van der Waals surface area contributed by atoms with E-state index in [-0.39, 0.29) is 10.9 Å². The zero-order valence-electron chi connectivity index (χ0n) is 12.2. The summed E-state index contributed by atoms with van der Waals surface area (Å²) < 4.78 is 27.5. The molecule has 1 saturated carbocycles. The molecule has 22 heavy (non-hydrogen) atoms. The van der Waals surface area contributed by atoms with Gasteiger partial charge in [-0.25, -0.2) is 13.1 Å². The fourth-order valence-corrected chi connectivity index (χ4v) is 4.38. The minimum Gasteiger partial charge on any atom is -0.281 e. The molecule has 0 saturated heterocycles. The summed E-state index contributed by atoms with van der Waals surface area (Å²) >= 11 is 5.88. The van der Waals surface area contributed by atoms with Crippen molar-refractivity contribution in [3.63, 3.8) is 0 Å². The molecule has 0 amide bonds. The van der Waals surface area contributed by atoms with Crippen molar-refractivity contribution in [2.45, 2.75) is 43.0 Å². The Hall–Kier alpha value is -1.37. The molecule has 1 fully saturated rings. The van der Waals surface area contributed by atoms with Crippen molar-refractivity contribution in [1.82, 2.24) is 14.9 Å². The van der Waals surface area contributed by atoms with Gasteiger partial charge in [0, 0.05) is 11.1 Å². The van der Waals surface area contributed by atoms with Gasteiger partial charge in [0.2, 0.25) is 10.0 Å². The molecule has 3 rings (SSSR count). The SMILES string of the molecule is CCc1[nH]ncc1S(=O)(=O)NC1CC(c2ccc(Cl)cc2)C1. The van der Waals surface area contributed by atoms with Crippen LogP contribution in [0.25, 0.3) is 0 Å². The van der Waals surface area contributed by atoms with Crippen LogP contribution in [0.3, 0.4) is 0 Å². The van der Waals surface area contributed by atoms with Crippen LogP contribution >= 0.6 is 11.6 Å². The van der Waals surface area contributed by atoms with Gasteiger partial charge in [0.05, 0.1) is 11.9 Å². The predicted molar refractivity (Wildman–Crippen MR) is 85.5 cm³/mol. The molecule has 7 heteroatoms. The van der Waals surface area contributed by atoms with E-state index >= 15 is 0 Å². The van der Waals surface area contributed by atoms with E-state index < -0.39 is 10.0 Å². The molecule has 0 bridgehead atoms. The fraction of sp³-hybridized carbons (Fsp3) is 0.400. The van der Waals surface area contributed by atoms with E-state index in [2.05, 4.69) is 14.9 Å². The van der Waals surface area contributed by atoms with Gasteiger partial charge in [-0.05, 0) is 42.9 Å². The van der Waals surface area contributed by atoms with Gasteiger partial charge < -0.3 is 0 Å². The second kappa shape index (κ2) is 6.02. The average Bonchev–Trinajstić information content (AvgIpc) is 2.93. The van der Waals surface area contributed by atoms with Crippen LogP contribution in [0.15, 0.2) is 35.4 Å². The van der Waals surface area contributed by atoms with E-state index in [9.17, 15) is 8.42 Å². The monoisotopic (exact) mass is 339 g/mol. The second-order valence-electron chi connectivity index (χ2n) is 5.60. The lowest BCUT2D eigenvalue weighted by Crippen LogP contribution is -2.43. The molecule has 1 heterocycles. The van der Waals surface area contributed by atoms with Crippen LogP contribution in [0.4, 0.5) is 0 Å². The van der Waals surface area contributed by atoms with Crippen LogP contribution < -0.4 is 4.72 Å². The maximum absolute atomic E-state index is 12.4. The summed E-state index contributed by atoms with van der Waals surface area (Å²) in [6, 6.07) is 7.72. The largest absolute Gasteiger partial charge is 0.281 e. The van der Waals surface area contributed by atoms with E-state index in [0.29, 0.717) is 23.1 Å². The number of nitrogens with zero attached hydrogens (tertiary/aromatic N) is 1. The summed E-state index contributed by atoms with van der Waals surface area (Å²) in [5.74, 6) is 0.389. The standard InChI is InChI=1S/C15H18ClN3O2S/c1-2-14-15(9-17-18-14)22(20,21)19-13-7-11(8-13)10-3-5-12(16)6-4-10/h3-6,9,11,13,19H,2,7-8H2,1H3,(H,17,18). The lowest BCUT2D eigenvalue weighted by molar-refractivity contribution is 0.326. The molecule has 0 radical (unpaired) electrons. The van der Waals surface area contributed by atoms with E-state index in [1.165, 1.54) is 11.8 Å². The van der Waals surface area contributed by atoms with Crippen molar-refractivity contribution in [3.05, 3.63) is 46.7 Å². The normalized spacial score (nSPS) is 21.5. The number of hydrogen-bond acceptors (Lipinski definition) is 3. The van der Waals surface area contributed by atoms with Crippen LogP contribution in [0.2, 0.25) is 5.02 Å². The van der Waals surface area contributed by atoms with Crippen molar-refractivity contribution in [1.29, 1.82) is 0 Å². The van der Waals surface area contributed by atoms with Gasteiger partial charge in [-0.1, -0.05) is 30.7 Å². The number of hydrogen-bond donors (Lipinski definition) is 2. The van der Waals surface area contributed by atoms with Crippen LogP contribution in [0.1, 0.15) is 36.9 Å². The van der Waals surface area contributed by atoms with Gasteiger partial charge >= 0.3 is 0 Å². The first kappa shape index (κ1) is 15.5. The second-order valence-corrected chi connectivity index (χ2v) is 7.72. The maximum atomic E-state index is 12.4. The Morgan fingerprint density at radius 1 is 1.32 bits per heavy atom. The number of rotatable bonds is 5. The molecular weight excluding hydrogens is 322 g/mol. The first-order chi connectivity index (χ1) is 10.5. The molecule has 0 atom stereocenters. The molecule has 1 aromatic carbocycles. The van der Waals surface area contributed by atoms with Crippen LogP contribution in [-0.2, 0) is 16.4 Å². The lowest BCUT2D eigenvalue weighted by atomic mass is 9.76. The summed E-state index contributed by atoms with van der Waals surface area (Å²) in [6.45, 7) is 1.90. The smallest absolute Gasteiger partial charge is 0.244 e. The van der Waals surface area contributed by atoms with Crippen molar-refractivity contribution in [2.24, 2.45) is 0 Å². The molecule has 2 aromatic rings. The molecule has 0 spiro atoms. The van der Waals surface area contributed by atoms with Crippen molar-refractivity contribution in [2.75, 3.05) is 0 Å². The molecular formula is C15H18ClN3O2S. The Morgan fingerprint density at radius 3 is 2.64 bits per heavy atom. The van der Waals surface area contributed by atoms with Gasteiger partial charge in [0.15, 0.2) is 0 Å². The van der Waals surface area contributed by atoms with E-state index in [1.54, 1.807) is 0 Å². The highest BCUT2D eigenvalue weighted by atomic mass is 35.5. The average molecular weight is 340 g/mol. The highest BCUT2D eigenvalue weighted by Crippen LogP contribution is 2.37. The number of aromatic nitrogens is 2. The fourth-order valence-electron chi connectivity index (χ4n) is 2.79. The molecule has 1 aliphatic rings. The van der Waals surface area contributed by atoms with Crippen LogP contribution in [0.5, 0.6) is 0 Å². The van der Waals surface area contributed by atoms with Gasteiger partial charge in [0.1, 0.15) is 4.90 Å². The maximum Gasteiger partial charge on any atom is 0.244 e. The topological polar surface area (TPSA) is 74.8 Å². The van der Waals surface area contributed by atoms with E-state index in [1.807, 2.05) is 31.2 Å². The predicted octanol–water partition coefficient (Wildman–Crippen LogP) is 2.85. The Bertz CT molecular complexity index is 749. The third kappa shape index (κ3) is 3.04. The van der Waals surface area contributed by atoms with Gasteiger partial charge in [-0.2, -0.15) is 5.10 Å². The molecule has 0 aliphatic heterocycles. The summed E-state index contributed by atoms with van der Waals surface area (Å²) in [7, 11) is -3.50. The number of sulfonamides is 1. The van der Waals surface area contributed by atoms with Crippen molar-refractivity contribution < 1.29 is 8.42 Å². The van der Waals surface area contributed by atoms with Crippen LogP contribution in [0, 0.1) is 0 Å². The summed E-state index contributed by atoms with van der Waals surface area (Å²) in [4.78, 5) is 0.255. The summed E-state index contributed by atoms with van der Waals surface area (Å²) in [5, 5.41) is 7.27. The zero-order valence-corrected chi connectivity index (χ0v) is 13.8. The van der Waals surface area contributed by atoms with Gasteiger partial charge in [-0.15, -0.1) is 0 Å². The molecule has 1 aromatic heterocycles. The molecule has 1 aliphatic carbocycles. The van der Waals surface area contributed by atoms with Crippen LogP contribution in [-0.4, -0.2) is 24.7 Å².